The van der Waals surface area contributed by atoms with Crippen molar-refractivity contribution < 1.29 is 64.9 Å². The molecule has 1 saturated heterocycles. The Balaban J connectivity index is 1.50. The first-order chi connectivity index (χ1) is 20.1. The van der Waals surface area contributed by atoms with Gasteiger partial charge in [0.2, 0.25) is 31.1 Å². The second-order valence-electron chi connectivity index (χ2n) is 9.90. The van der Waals surface area contributed by atoms with Crippen LogP contribution >= 0.6 is 7.82 Å². The Morgan fingerprint density at radius 1 is 1.09 bits per heavy atom. The molecule has 2 aromatic rings. The largest absolute Gasteiger partial charge is 0.510 e. The molecule has 1 unspecified atom stereocenters. The van der Waals surface area contributed by atoms with E-state index in [1.165, 1.54) is 17.8 Å². The molecule has 4 rings (SSSR count). The first-order valence-corrected chi connectivity index (χ1v) is 14.5. The van der Waals surface area contributed by atoms with Crippen molar-refractivity contribution in [1.29, 1.82) is 0 Å². The van der Waals surface area contributed by atoms with Crippen LogP contribution in [0.1, 0.15) is 47.8 Å². The van der Waals surface area contributed by atoms with E-state index >= 15 is 8.78 Å². The van der Waals surface area contributed by atoms with Crippen molar-refractivity contribution in [3.05, 3.63) is 6.33 Å². The fourth-order valence-electron chi connectivity index (χ4n) is 4.29. The van der Waals surface area contributed by atoms with Crippen molar-refractivity contribution in [2.24, 2.45) is 5.92 Å². The van der Waals surface area contributed by atoms with Gasteiger partial charge in [-0.15, -0.1) is 0 Å². The second kappa shape index (κ2) is 12.3. The van der Waals surface area contributed by atoms with E-state index in [4.69, 9.17) is 38.3 Å². The highest BCUT2D eigenvalue weighted by Crippen LogP contribution is 2.73. The SMILES string of the molecule is CCOc1nc(N)nc2c1ncn2[C@@H]1O[C@]2(F)C(OP(=O)(OCOC(=O)OC(C)C)OCOC(=O)OC(C)C)[C@]2(F)[C@@H]1C. The summed E-state index contributed by atoms with van der Waals surface area (Å²) in [6.45, 7) is 7.30. The molecule has 0 bridgehead atoms. The quantitative estimate of drug-likeness (QED) is 0.187. The van der Waals surface area contributed by atoms with Crippen LogP contribution in [0.5, 0.6) is 5.88 Å². The highest BCUT2D eigenvalue weighted by Gasteiger charge is 2.92. The molecule has 2 N–H and O–H groups in total. The Morgan fingerprint density at radius 3 is 2.16 bits per heavy atom. The highest BCUT2D eigenvalue weighted by atomic mass is 31.2. The summed E-state index contributed by atoms with van der Waals surface area (Å²) in [6.07, 6.45) is -5.73. The third kappa shape index (κ3) is 6.45. The number of hydrogen-bond acceptors (Lipinski definition) is 16. The predicted octanol–water partition coefficient (Wildman–Crippen LogP) is 3.92. The Morgan fingerprint density at radius 2 is 1.67 bits per heavy atom. The van der Waals surface area contributed by atoms with Crippen molar-refractivity contribution in [2.75, 3.05) is 25.9 Å². The van der Waals surface area contributed by atoms with Gasteiger partial charge in [0.05, 0.1) is 25.1 Å². The Bertz CT molecular complexity index is 1370. The zero-order chi connectivity index (χ0) is 31.7. The number of carbonyl (C=O) groups is 2. The number of halogens is 2. The van der Waals surface area contributed by atoms with Crippen molar-refractivity contribution >= 4 is 37.2 Å². The van der Waals surface area contributed by atoms with Crippen LogP contribution in [0.25, 0.3) is 11.2 Å². The summed E-state index contributed by atoms with van der Waals surface area (Å²) in [5.74, 6) is -4.55. The van der Waals surface area contributed by atoms with Crippen LogP contribution in [-0.2, 0) is 41.8 Å². The van der Waals surface area contributed by atoms with Gasteiger partial charge in [-0.1, -0.05) is 6.92 Å². The molecule has 17 nitrogen and oxygen atoms in total. The van der Waals surface area contributed by atoms with Gasteiger partial charge in [0, 0.05) is 5.92 Å². The van der Waals surface area contributed by atoms with Crippen molar-refractivity contribution in [3.63, 3.8) is 0 Å². The number of carbonyl (C=O) groups excluding carboxylic acids is 2. The van der Waals surface area contributed by atoms with E-state index in [1.54, 1.807) is 34.6 Å². The maximum absolute atomic E-state index is 16.2. The monoisotopic (exact) mass is 639 g/mol. The average molecular weight is 640 g/mol. The molecule has 0 aromatic carbocycles. The van der Waals surface area contributed by atoms with Crippen LogP contribution in [-0.4, -0.2) is 81.9 Å². The molecular formula is C23H32F2N5O12P. The van der Waals surface area contributed by atoms with Gasteiger partial charge in [-0.05, 0) is 34.6 Å². The van der Waals surface area contributed by atoms with Gasteiger partial charge in [-0.25, -0.2) is 37.0 Å². The lowest BCUT2D eigenvalue weighted by molar-refractivity contribution is -0.141. The van der Waals surface area contributed by atoms with Crippen molar-refractivity contribution in [1.82, 2.24) is 19.5 Å². The maximum atomic E-state index is 16.2. The molecule has 240 valence electrons. The molecule has 1 saturated carbocycles. The van der Waals surface area contributed by atoms with E-state index in [2.05, 4.69) is 24.4 Å². The van der Waals surface area contributed by atoms with Crippen LogP contribution in [0.2, 0.25) is 0 Å². The minimum Gasteiger partial charge on any atom is -0.476 e. The first-order valence-electron chi connectivity index (χ1n) is 13.1. The number of imidazole rings is 1. The third-order valence-corrected chi connectivity index (χ3v) is 7.49. The van der Waals surface area contributed by atoms with Crippen LogP contribution < -0.4 is 10.5 Å². The summed E-state index contributed by atoms with van der Waals surface area (Å²) in [5.41, 5.74) is 3.16. The standard InChI is InChI=1S/C23H32F2N5O12P/c1-7-34-16-14-15(28-19(26)29-16)30(8-27-14)17-13(6)22(24)18(23(22,25)41-17)42-43(33,37-9-35-20(31)39-11(2)3)38-10-36-21(32)40-12(4)5/h8,11-13,17-18H,7,9-10H2,1-6H3,(H2,26,28,29)/t13-,17-,18?,22-,23-/m1/s1. The Labute approximate surface area is 243 Å². The fourth-order valence-corrected chi connectivity index (χ4v) is 5.40. The number of ether oxygens (including phenoxy) is 6. The summed E-state index contributed by atoms with van der Waals surface area (Å²) in [4.78, 5) is 35.5. The van der Waals surface area contributed by atoms with E-state index in [9.17, 15) is 14.2 Å². The molecule has 1 aliphatic heterocycles. The minimum atomic E-state index is -5.00. The summed E-state index contributed by atoms with van der Waals surface area (Å²) < 4.78 is 91.2. The van der Waals surface area contributed by atoms with Crippen LogP contribution in [0.15, 0.2) is 6.33 Å². The normalized spacial score (nSPS) is 26.4. The van der Waals surface area contributed by atoms with Crippen LogP contribution in [0, 0.1) is 5.92 Å². The number of alkyl halides is 2. The van der Waals surface area contributed by atoms with Gasteiger partial charge in [0.1, 0.15) is 6.23 Å². The summed E-state index contributed by atoms with van der Waals surface area (Å²) in [7, 11) is -5.00. The molecule has 43 heavy (non-hydrogen) atoms. The highest BCUT2D eigenvalue weighted by molar-refractivity contribution is 7.48. The maximum Gasteiger partial charge on any atom is 0.510 e. The lowest BCUT2D eigenvalue weighted by Gasteiger charge is -2.25. The average Bonchev–Trinajstić information content (AvgIpc) is 3.15. The number of phosphoric acid groups is 1. The van der Waals surface area contributed by atoms with Gasteiger partial charge < -0.3 is 34.2 Å². The number of hydrogen-bond donors (Lipinski definition) is 1. The third-order valence-electron chi connectivity index (χ3n) is 6.18. The molecule has 2 aromatic heterocycles. The van der Waals surface area contributed by atoms with Gasteiger partial charge >= 0.3 is 20.1 Å². The fraction of sp³-hybridized carbons (Fsp3) is 0.696. The molecule has 3 heterocycles. The van der Waals surface area contributed by atoms with Gasteiger partial charge in [-0.2, -0.15) is 9.97 Å². The number of fused-ring (bicyclic) bond motifs is 2. The van der Waals surface area contributed by atoms with E-state index in [1.807, 2.05) is 0 Å². The molecular weight excluding hydrogens is 607 g/mol. The Kier molecular flexibility index (Phi) is 9.32. The number of nitrogen functional groups attached to an aromatic ring is 1. The minimum absolute atomic E-state index is 0.0694. The topological polar surface area (TPSA) is 204 Å². The zero-order valence-electron chi connectivity index (χ0n) is 24.1. The predicted molar refractivity (Wildman–Crippen MR) is 138 cm³/mol. The number of nitrogens with two attached hydrogens (primary N) is 1. The summed E-state index contributed by atoms with van der Waals surface area (Å²) in [5, 5.41) is 0. The number of rotatable bonds is 13. The molecule has 1 aliphatic carbocycles. The number of phosphoric ester groups is 1. The van der Waals surface area contributed by atoms with Crippen LogP contribution in [0.4, 0.5) is 24.3 Å². The lowest BCUT2D eigenvalue weighted by atomic mass is 10.0. The van der Waals surface area contributed by atoms with Gasteiger partial charge in [0.15, 0.2) is 17.3 Å². The number of nitrogens with zero attached hydrogens (tertiary/aromatic N) is 4. The molecule has 0 radical (unpaired) electrons. The zero-order valence-corrected chi connectivity index (χ0v) is 24.9. The molecule has 2 fully saturated rings. The summed E-state index contributed by atoms with van der Waals surface area (Å²) in [6, 6.07) is 0. The molecule has 2 aliphatic rings. The number of anilines is 1. The Hall–Kier alpha value is -3.38. The molecule has 5 atom stereocenters. The smallest absolute Gasteiger partial charge is 0.476 e. The second-order valence-corrected chi connectivity index (χ2v) is 11.5. The lowest BCUT2D eigenvalue weighted by Crippen LogP contribution is -2.28. The van der Waals surface area contributed by atoms with E-state index in [-0.39, 0.29) is 29.6 Å². The van der Waals surface area contributed by atoms with Crippen molar-refractivity contribution in [3.8, 4) is 5.88 Å². The van der Waals surface area contributed by atoms with E-state index < -0.39 is 75.7 Å². The molecule has 20 heteroatoms. The van der Waals surface area contributed by atoms with E-state index in [0.29, 0.717) is 0 Å². The summed E-state index contributed by atoms with van der Waals surface area (Å²) >= 11 is 0. The number of aromatic nitrogens is 4. The first kappa shape index (κ1) is 32.5. The molecule has 0 amide bonds. The molecule has 0 spiro atoms. The van der Waals surface area contributed by atoms with Crippen molar-refractivity contribution in [2.45, 2.75) is 77.6 Å². The van der Waals surface area contributed by atoms with Crippen LogP contribution in [0.3, 0.4) is 0 Å². The van der Waals surface area contributed by atoms with Gasteiger partial charge in [-0.3, -0.25) is 9.09 Å². The van der Waals surface area contributed by atoms with E-state index in [0.717, 1.165) is 0 Å². The van der Waals surface area contributed by atoms with Gasteiger partial charge in [0.25, 0.3) is 5.85 Å².